The first-order valence-electron chi connectivity index (χ1n) is 8.57. The molecular formula is C19H32O. The Hall–Kier alpha value is -0.590. The third kappa shape index (κ3) is 2.87. The van der Waals surface area contributed by atoms with E-state index < -0.39 is 0 Å². The van der Waals surface area contributed by atoms with Crippen molar-refractivity contribution >= 4 is 5.78 Å². The summed E-state index contributed by atoms with van der Waals surface area (Å²) in [4.78, 5) is 12.2. The van der Waals surface area contributed by atoms with Gasteiger partial charge in [0.05, 0.1) is 0 Å². The van der Waals surface area contributed by atoms with Gasteiger partial charge in [0.15, 0.2) is 0 Å². The Morgan fingerprint density at radius 3 is 2.50 bits per heavy atom. The quantitative estimate of drug-likeness (QED) is 0.640. The molecular weight excluding hydrogens is 244 g/mol. The van der Waals surface area contributed by atoms with Crippen LogP contribution in [0.5, 0.6) is 0 Å². The van der Waals surface area contributed by atoms with E-state index in [1.807, 2.05) is 0 Å². The fourth-order valence-corrected chi connectivity index (χ4v) is 4.54. The number of hydrogen-bond donors (Lipinski definition) is 0. The maximum atomic E-state index is 12.2. The average molecular weight is 276 g/mol. The molecule has 114 valence electrons. The molecule has 0 aromatic rings. The van der Waals surface area contributed by atoms with Crippen molar-refractivity contribution in [2.45, 2.75) is 66.7 Å². The van der Waals surface area contributed by atoms with Gasteiger partial charge < -0.3 is 0 Å². The van der Waals surface area contributed by atoms with Crippen molar-refractivity contribution < 1.29 is 4.79 Å². The van der Waals surface area contributed by atoms with Crippen LogP contribution in [0, 0.1) is 35.0 Å². The first kappa shape index (κ1) is 15.8. The van der Waals surface area contributed by atoms with Gasteiger partial charge in [-0.2, -0.15) is 0 Å². The molecule has 2 saturated carbocycles. The minimum Gasteiger partial charge on any atom is -0.299 e. The molecule has 0 heterocycles. The van der Waals surface area contributed by atoms with Crippen LogP contribution >= 0.6 is 0 Å². The lowest BCUT2D eigenvalue weighted by Gasteiger charge is -2.41. The Kier molecular flexibility index (Phi) is 4.76. The van der Waals surface area contributed by atoms with Crippen LogP contribution in [0.2, 0.25) is 0 Å². The van der Waals surface area contributed by atoms with E-state index in [1.165, 1.54) is 12.8 Å². The summed E-state index contributed by atoms with van der Waals surface area (Å²) in [5, 5.41) is 0. The van der Waals surface area contributed by atoms with Crippen molar-refractivity contribution in [3.63, 3.8) is 0 Å². The Labute approximate surface area is 125 Å². The molecule has 2 rings (SSSR count). The van der Waals surface area contributed by atoms with Gasteiger partial charge in [-0.1, -0.05) is 46.8 Å². The maximum Gasteiger partial charge on any atom is 0.136 e. The highest BCUT2D eigenvalue weighted by atomic mass is 16.1. The van der Waals surface area contributed by atoms with E-state index in [-0.39, 0.29) is 5.41 Å². The summed E-state index contributed by atoms with van der Waals surface area (Å²) in [5.74, 6) is 3.58. The van der Waals surface area contributed by atoms with Crippen molar-refractivity contribution in [1.29, 1.82) is 0 Å². The third-order valence-corrected chi connectivity index (χ3v) is 6.34. The lowest BCUT2D eigenvalue weighted by atomic mass is 9.62. The summed E-state index contributed by atoms with van der Waals surface area (Å²) in [6.45, 7) is 11.6. The van der Waals surface area contributed by atoms with Crippen LogP contribution in [0.25, 0.3) is 0 Å². The summed E-state index contributed by atoms with van der Waals surface area (Å²) >= 11 is 0. The van der Waals surface area contributed by atoms with Crippen molar-refractivity contribution in [1.82, 2.24) is 0 Å². The van der Waals surface area contributed by atoms with E-state index >= 15 is 0 Å². The van der Waals surface area contributed by atoms with E-state index in [4.69, 9.17) is 0 Å². The minimum absolute atomic E-state index is 0.278. The number of ketones is 1. The highest BCUT2D eigenvalue weighted by molar-refractivity contribution is 5.83. The zero-order valence-corrected chi connectivity index (χ0v) is 14.0. The minimum atomic E-state index is 0.278. The molecule has 5 atom stereocenters. The standard InChI is InChI=1S/C19H32O/c1-13(2)14(3)8-9-15(4)16-10-11-17-18(20)7-6-12-19(16,17)5/h8-9,13-17H,6-7,10-12H2,1-5H3/b9-8+/t14-,15-,16-,17+,19+/m0/s1. The SMILES string of the molecule is CC(C)[C@@H](C)/C=C/[C@H](C)[C@@H]1CC[C@@H]2C(=O)CCC[C@@]21C. The third-order valence-electron chi connectivity index (χ3n) is 6.34. The van der Waals surface area contributed by atoms with Crippen LogP contribution in [-0.4, -0.2) is 5.78 Å². The molecule has 2 fully saturated rings. The lowest BCUT2D eigenvalue weighted by Crippen LogP contribution is -2.39. The molecule has 0 N–H and O–H groups in total. The van der Waals surface area contributed by atoms with Gasteiger partial charge in [-0.25, -0.2) is 0 Å². The molecule has 0 saturated heterocycles. The molecule has 0 aliphatic heterocycles. The summed E-state index contributed by atoms with van der Waals surface area (Å²) in [6, 6.07) is 0. The van der Waals surface area contributed by atoms with Crippen LogP contribution in [0.15, 0.2) is 12.2 Å². The molecule has 0 aromatic carbocycles. The molecule has 0 spiro atoms. The molecule has 0 aromatic heterocycles. The number of fused-ring (bicyclic) bond motifs is 1. The second-order valence-electron chi connectivity index (χ2n) is 7.91. The van der Waals surface area contributed by atoms with Gasteiger partial charge in [-0.05, 0) is 54.8 Å². The fourth-order valence-electron chi connectivity index (χ4n) is 4.54. The van der Waals surface area contributed by atoms with Crippen LogP contribution in [0.4, 0.5) is 0 Å². The molecule has 0 unspecified atom stereocenters. The van der Waals surface area contributed by atoms with Crippen molar-refractivity contribution in [2.75, 3.05) is 0 Å². The van der Waals surface area contributed by atoms with E-state index in [2.05, 4.69) is 46.8 Å². The molecule has 0 radical (unpaired) electrons. The topological polar surface area (TPSA) is 17.1 Å². The first-order valence-corrected chi connectivity index (χ1v) is 8.57. The summed E-state index contributed by atoms with van der Waals surface area (Å²) in [6.07, 6.45) is 10.4. The Bertz CT molecular complexity index is 381. The number of hydrogen-bond acceptors (Lipinski definition) is 1. The monoisotopic (exact) mass is 276 g/mol. The van der Waals surface area contributed by atoms with E-state index in [0.717, 1.165) is 19.3 Å². The number of carbonyl (C=O) groups excluding carboxylic acids is 1. The summed E-state index contributed by atoms with van der Waals surface area (Å²) in [7, 11) is 0. The van der Waals surface area contributed by atoms with Crippen LogP contribution < -0.4 is 0 Å². The van der Waals surface area contributed by atoms with Gasteiger partial charge in [0.2, 0.25) is 0 Å². The van der Waals surface area contributed by atoms with Crippen molar-refractivity contribution in [3.8, 4) is 0 Å². The van der Waals surface area contributed by atoms with Gasteiger partial charge in [-0.15, -0.1) is 0 Å². The van der Waals surface area contributed by atoms with Gasteiger partial charge in [-0.3, -0.25) is 4.79 Å². The van der Waals surface area contributed by atoms with Crippen molar-refractivity contribution in [3.05, 3.63) is 12.2 Å². The van der Waals surface area contributed by atoms with Crippen molar-refractivity contribution in [2.24, 2.45) is 35.0 Å². The van der Waals surface area contributed by atoms with Gasteiger partial charge in [0, 0.05) is 12.3 Å². The second kappa shape index (κ2) is 6.03. The molecule has 20 heavy (non-hydrogen) atoms. The fraction of sp³-hybridized carbons (Fsp3) is 0.842. The second-order valence-corrected chi connectivity index (χ2v) is 7.91. The Balaban J connectivity index is 2.07. The van der Waals surface area contributed by atoms with Gasteiger partial charge in [0.25, 0.3) is 0 Å². The molecule has 0 amide bonds. The maximum absolute atomic E-state index is 12.2. The lowest BCUT2D eigenvalue weighted by molar-refractivity contribution is -0.129. The normalized spacial score (nSPS) is 37.4. The molecule has 2 aliphatic carbocycles. The largest absolute Gasteiger partial charge is 0.299 e. The smallest absolute Gasteiger partial charge is 0.136 e. The van der Waals surface area contributed by atoms with Crippen LogP contribution in [0.3, 0.4) is 0 Å². The molecule has 2 aliphatic rings. The zero-order chi connectivity index (χ0) is 14.9. The summed E-state index contributed by atoms with van der Waals surface area (Å²) in [5.41, 5.74) is 0.278. The number of carbonyl (C=O) groups is 1. The number of Topliss-reactive ketones (excluding diaryl/α,β-unsaturated/α-hetero) is 1. The highest BCUT2D eigenvalue weighted by Crippen LogP contribution is 2.56. The average Bonchev–Trinajstić information content (AvgIpc) is 2.74. The van der Waals surface area contributed by atoms with E-state index in [9.17, 15) is 4.79 Å². The zero-order valence-electron chi connectivity index (χ0n) is 14.0. The number of rotatable bonds is 4. The predicted molar refractivity (Wildman–Crippen MR) is 85.5 cm³/mol. The first-order chi connectivity index (χ1) is 9.36. The number of allylic oxidation sites excluding steroid dienone is 2. The van der Waals surface area contributed by atoms with Crippen LogP contribution in [0.1, 0.15) is 66.7 Å². The Morgan fingerprint density at radius 2 is 1.85 bits per heavy atom. The van der Waals surface area contributed by atoms with Crippen LogP contribution in [-0.2, 0) is 4.79 Å². The van der Waals surface area contributed by atoms with E-state index in [0.29, 0.717) is 35.4 Å². The highest BCUT2D eigenvalue weighted by Gasteiger charge is 2.51. The molecule has 1 nitrogen and oxygen atoms in total. The Morgan fingerprint density at radius 1 is 1.15 bits per heavy atom. The predicted octanol–water partition coefficient (Wildman–Crippen LogP) is 5.26. The molecule has 0 bridgehead atoms. The van der Waals surface area contributed by atoms with Gasteiger partial charge in [0.1, 0.15) is 5.78 Å². The van der Waals surface area contributed by atoms with Gasteiger partial charge >= 0.3 is 0 Å². The summed E-state index contributed by atoms with van der Waals surface area (Å²) < 4.78 is 0. The molecule has 1 heteroatoms. The van der Waals surface area contributed by atoms with E-state index in [1.54, 1.807) is 0 Å².